The van der Waals surface area contributed by atoms with Crippen LogP contribution < -0.4 is 0 Å². The summed E-state index contributed by atoms with van der Waals surface area (Å²) in [5, 5.41) is 110. The van der Waals surface area contributed by atoms with Crippen molar-refractivity contribution in [2.45, 2.75) is 407 Å². The molecule has 1 aliphatic carbocycles. The van der Waals surface area contributed by atoms with Crippen molar-refractivity contribution in [1.82, 2.24) is 0 Å². The van der Waals surface area contributed by atoms with Crippen LogP contribution in [0.5, 0.6) is 0 Å². The highest BCUT2D eigenvalue weighted by atomic mass is 31.2. The van der Waals surface area contributed by atoms with E-state index in [1.54, 1.807) is 0 Å². The molecule has 25 heteroatoms. The molecule has 3 aliphatic rings. The summed E-state index contributed by atoms with van der Waals surface area (Å²) in [7, 11) is -5.69. The van der Waals surface area contributed by atoms with Crippen molar-refractivity contribution in [2.24, 2.45) is 0 Å². The molecule has 0 aromatic heterocycles. The van der Waals surface area contributed by atoms with Crippen LogP contribution in [-0.2, 0) is 61.2 Å². The van der Waals surface area contributed by atoms with E-state index in [1.165, 1.54) is 128 Å². The van der Waals surface area contributed by atoms with Gasteiger partial charge in [0, 0.05) is 19.3 Å². The number of carbonyl (C=O) groups excluding carboxylic acids is 3. The molecular formula is C73H135O24P. The average molecular weight is 1430 g/mol. The molecular weight excluding hydrogens is 1290 g/mol. The molecule has 11 N–H and O–H groups in total. The zero-order chi connectivity index (χ0) is 71.8. The van der Waals surface area contributed by atoms with Gasteiger partial charge in [-0.25, -0.2) is 4.57 Å². The van der Waals surface area contributed by atoms with E-state index in [0.29, 0.717) is 19.3 Å². The number of unbranched alkanes of at least 4 members (excludes halogenated alkanes) is 37. The monoisotopic (exact) mass is 1430 g/mol. The molecule has 0 aromatic carbocycles. The molecule has 18 unspecified atom stereocenters. The molecule has 0 spiro atoms. The van der Waals surface area contributed by atoms with Crippen LogP contribution in [0.1, 0.15) is 303 Å². The minimum atomic E-state index is -5.69. The third-order valence-corrected chi connectivity index (χ3v) is 20.0. The zero-order valence-electron chi connectivity index (χ0n) is 60.1. The SMILES string of the molecule is CCCCCC/C=C\CCCCCCCCCC(=O)OCC1OC(OC2C(O)C(O)C(O)C(OC3OC(CO)C(O)C(O)C3O)C2OP(=O)(O)OCC(COC(=O)CCCCCCCCCCCCCC)OC(=O)CCCCCCCCCCCCCCCCCC)C(O)C(O)C1O. The topological polar surface area (TPSA) is 374 Å². The van der Waals surface area contributed by atoms with E-state index in [1.807, 2.05) is 0 Å². The van der Waals surface area contributed by atoms with Crippen LogP contribution in [0.15, 0.2) is 12.2 Å². The van der Waals surface area contributed by atoms with Gasteiger partial charge in [0.2, 0.25) is 0 Å². The molecule has 2 aliphatic heterocycles. The van der Waals surface area contributed by atoms with E-state index in [0.717, 1.165) is 116 Å². The number of hydrogen-bond donors (Lipinski definition) is 11. The minimum absolute atomic E-state index is 0.0248. The Morgan fingerprint density at radius 2 is 0.714 bits per heavy atom. The van der Waals surface area contributed by atoms with Gasteiger partial charge in [-0.3, -0.25) is 23.4 Å². The van der Waals surface area contributed by atoms with Gasteiger partial charge in [0.05, 0.1) is 13.2 Å². The van der Waals surface area contributed by atoms with Gasteiger partial charge in [-0.15, -0.1) is 0 Å². The minimum Gasteiger partial charge on any atom is -0.463 e. The lowest BCUT2D eigenvalue weighted by atomic mass is 9.84. The summed E-state index contributed by atoms with van der Waals surface area (Å²) in [5.41, 5.74) is 0. The van der Waals surface area contributed by atoms with Crippen molar-refractivity contribution in [3.63, 3.8) is 0 Å². The molecule has 18 atom stereocenters. The first-order chi connectivity index (χ1) is 47.3. The van der Waals surface area contributed by atoms with Crippen LogP contribution in [0.3, 0.4) is 0 Å². The predicted octanol–water partition coefficient (Wildman–Crippen LogP) is 10.7. The van der Waals surface area contributed by atoms with Crippen molar-refractivity contribution < 1.29 is 117 Å². The molecule has 2 saturated heterocycles. The number of allylic oxidation sites excluding steroid dienone is 2. The number of aliphatic hydroxyl groups is 10. The molecule has 0 radical (unpaired) electrons. The van der Waals surface area contributed by atoms with Crippen LogP contribution in [0.4, 0.5) is 0 Å². The number of hydrogen-bond acceptors (Lipinski definition) is 23. The molecule has 0 amide bonds. The Morgan fingerprint density at radius 3 is 1.11 bits per heavy atom. The van der Waals surface area contributed by atoms with Crippen molar-refractivity contribution in [1.29, 1.82) is 0 Å². The summed E-state index contributed by atoms with van der Waals surface area (Å²) < 4.78 is 65.0. The second-order valence-corrected chi connectivity index (χ2v) is 29.1. The molecule has 98 heavy (non-hydrogen) atoms. The van der Waals surface area contributed by atoms with Gasteiger partial charge in [0.1, 0.15) is 98.7 Å². The van der Waals surface area contributed by atoms with Crippen molar-refractivity contribution in [3.8, 4) is 0 Å². The lowest BCUT2D eigenvalue weighted by Gasteiger charge is -2.49. The van der Waals surface area contributed by atoms with Crippen molar-refractivity contribution in [3.05, 3.63) is 12.2 Å². The number of ether oxygens (including phenoxy) is 7. The third-order valence-electron chi connectivity index (χ3n) is 19.0. The van der Waals surface area contributed by atoms with Gasteiger partial charge < -0.3 is 89.1 Å². The summed E-state index contributed by atoms with van der Waals surface area (Å²) in [6, 6.07) is 0. The lowest BCUT2D eigenvalue weighted by molar-refractivity contribution is -0.360. The molecule has 576 valence electrons. The molecule has 2 heterocycles. The van der Waals surface area contributed by atoms with E-state index >= 15 is 0 Å². The molecule has 1 saturated carbocycles. The van der Waals surface area contributed by atoms with Crippen LogP contribution in [0.2, 0.25) is 0 Å². The lowest BCUT2D eigenvalue weighted by Crippen LogP contribution is -2.69. The Morgan fingerprint density at radius 1 is 0.388 bits per heavy atom. The van der Waals surface area contributed by atoms with Gasteiger partial charge in [0.15, 0.2) is 18.7 Å². The van der Waals surface area contributed by atoms with E-state index in [4.69, 9.17) is 42.2 Å². The summed E-state index contributed by atoms with van der Waals surface area (Å²) in [6.45, 7) is 3.45. The Balaban J connectivity index is 1.72. The maximum atomic E-state index is 14.3. The maximum Gasteiger partial charge on any atom is 0.472 e. The fraction of sp³-hybridized carbons (Fsp3) is 0.932. The second kappa shape index (κ2) is 55.2. The number of aliphatic hydroxyl groups excluding tert-OH is 10. The second-order valence-electron chi connectivity index (χ2n) is 27.7. The molecule has 0 bridgehead atoms. The zero-order valence-corrected chi connectivity index (χ0v) is 61.0. The van der Waals surface area contributed by atoms with Gasteiger partial charge >= 0.3 is 25.7 Å². The van der Waals surface area contributed by atoms with E-state index in [2.05, 4.69) is 32.9 Å². The van der Waals surface area contributed by atoms with E-state index in [9.17, 15) is 74.9 Å². The first-order valence-corrected chi connectivity index (χ1v) is 40.0. The number of rotatable bonds is 60. The molecule has 3 rings (SSSR count). The van der Waals surface area contributed by atoms with E-state index < -0.39 is 156 Å². The normalized spacial score (nSPS) is 27.7. The summed E-state index contributed by atoms with van der Waals surface area (Å²) in [4.78, 5) is 51.0. The number of phosphoric acid groups is 1. The number of phosphoric ester groups is 1. The Labute approximate surface area is 586 Å². The van der Waals surface area contributed by atoms with Crippen LogP contribution >= 0.6 is 7.82 Å². The number of esters is 3. The predicted molar refractivity (Wildman–Crippen MR) is 370 cm³/mol. The molecule has 24 nitrogen and oxygen atoms in total. The van der Waals surface area contributed by atoms with Crippen molar-refractivity contribution >= 4 is 25.7 Å². The van der Waals surface area contributed by atoms with Crippen LogP contribution in [-0.4, -0.2) is 204 Å². The highest BCUT2D eigenvalue weighted by molar-refractivity contribution is 7.47. The largest absolute Gasteiger partial charge is 0.472 e. The standard InChI is InChI=1S/C73H135O24P/c1-4-7-10-13-16-19-22-25-27-29-31-34-37-40-43-46-49-59(77)92-54(51-89-57(75)47-44-41-38-35-32-24-21-18-15-12-9-6-3)52-91-98(87,88)97-71-69(95-72-67(85)62(80)60(78)55(50-74)93-72)65(83)64(82)66(84)70(71)96-73-68(86)63(81)61(79)56(94-73)53-90-58(76)48-45-42-39-36-33-30-28-26-23-20-17-14-11-8-5-2/h20,23,54-56,60-74,78-86H,4-19,21-22,24-53H2,1-3H3,(H,87,88)/b23-20-. The van der Waals surface area contributed by atoms with E-state index in [-0.39, 0.29) is 19.3 Å². The van der Waals surface area contributed by atoms with Crippen LogP contribution in [0.25, 0.3) is 0 Å². The summed E-state index contributed by atoms with van der Waals surface area (Å²) in [6.07, 6.45) is 14.1. The molecule has 0 aromatic rings. The Kier molecular flexibility index (Phi) is 50.7. The average Bonchev–Trinajstić information content (AvgIpc) is 0.755. The smallest absolute Gasteiger partial charge is 0.463 e. The number of carbonyl (C=O) groups is 3. The first kappa shape index (κ1) is 89.9. The van der Waals surface area contributed by atoms with Gasteiger partial charge in [-0.1, -0.05) is 251 Å². The first-order valence-electron chi connectivity index (χ1n) is 38.5. The van der Waals surface area contributed by atoms with Gasteiger partial charge in [0.25, 0.3) is 0 Å². The van der Waals surface area contributed by atoms with Gasteiger partial charge in [-0.05, 0) is 44.9 Å². The molecule has 3 fully saturated rings. The maximum absolute atomic E-state index is 14.3. The summed E-state index contributed by atoms with van der Waals surface area (Å²) in [5.74, 6) is -1.98. The summed E-state index contributed by atoms with van der Waals surface area (Å²) >= 11 is 0. The Hall–Kier alpha value is -2.30. The third kappa shape index (κ3) is 37.9. The highest BCUT2D eigenvalue weighted by Gasteiger charge is 2.58. The van der Waals surface area contributed by atoms with Crippen LogP contribution in [0, 0.1) is 0 Å². The fourth-order valence-corrected chi connectivity index (χ4v) is 13.7. The quantitative estimate of drug-likeness (QED) is 0.00886. The highest BCUT2D eigenvalue weighted by Crippen LogP contribution is 2.49. The Bertz CT molecular complexity index is 2080. The van der Waals surface area contributed by atoms with Crippen molar-refractivity contribution in [2.75, 3.05) is 26.4 Å². The fourth-order valence-electron chi connectivity index (χ4n) is 12.8. The van der Waals surface area contributed by atoms with Gasteiger partial charge in [-0.2, -0.15) is 0 Å².